The molecule has 0 bridgehead atoms. The molecule has 0 spiro atoms. The van der Waals surface area contributed by atoms with Crippen LogP contribution in [0.3, 0.4) is 0 Å². The molecule has 1 fully saturated rings. The van der Waals surface area contributed by atoms with E-state index in [2.05, 4.69) is 20.1 Å². The van der Waals surface area contributed by atoms with Crippen LogP contribution >= 0.6 is 23.4 Å². The van der Waals surface area contributed by atoms with Gasteiger partial charge in [-0.3, -0.25) is 20.0 Å². The van der Waals surface area contributed by atoms with Crippen LogP contribution in [0.25, 0.3) is 11.4 Å². The molecule has 9 nitrogen and oxygen atoms in total. The van der Waals surface area contributed by atoms with Crippen molar-refractivity contribution in [1.29, 1.82) is 0 Å². The standard InChI is InChI=1S/C20H19ClN6O3S/c21-15-3-1-14(2-4-15)19-22-20(24-23-19)31-13-18(28)26-11-9-25(10-12-26)16-5-7-17(8-6-16)27(29)30/h1-8H,9-13H2,(H,22,23,24). The fourth-order valence-corrected chi connectivity index (χ4v) is 4.09. The number of non-ortho nitro benzene ring substituents is 1. The van der Waals surface area contributed by atoms with Crippen LogP contribution in [0.4, 0.5) is 11.4 Å². The number of halogens is 1. The minimum Gasteiger partial charge on any atom is -0.368 e. The predicted octanol–water partition coefficient (Wildman–Crippen LogP) is 3.47. The van der Waals surface area contributed by atoms with E-state index in [1.54, 1.807) is 24.3 Å². The number of aromatic nitrogens is 3. The van der Waals surface area contributed by atoms with Crippen molar-refractivity contribution in [3.63, 3.8) is 0 Å². The first-order chi connectivity index (χ1) is 15.0. The Labute approximate surface area is 187 Å². The first kappa shape index (κ1) is 21.1. The van der Waals surface area contributed by atoms with E-state index in [0.29, 0.717) is 42.2 Å². The summed E-state index contributed by atoms with van der Waals surface area (Å²) < 4.78 is 0. The molecule has 1 N–H and O–H groups in total. The van der Waals surface area contributed by atoms with Gasteiger partial charge in [0.05, 0.1) is 10.7 Å². The number of benzene rings is 2. The number of anilines is 1. The molecule has 31 heavy (non-hydrogen) atoms. The van der Waals surface area contributed by atoms with Crippen molar-refractivity contribution in [2.24, 2.45) is 0 Å². The summed E-state index contributed by atoms with van der Waals surface area (Å²) in [6.07, 6.45) is 0. The van der Waals surface area contributed by atoms with Crippen LogP contribution in [0.5, 0.6) is 0 Å². The number of amides is 1. The van der Waals surface area contributed by atoms with Crippen molar-refractivity contribution in [1.82, 2.24) is 20.1 Å². The molecule has 1 aliphatic rings. The van der Waals surface area contributed by atoms with Gasteiger partial charge in [0, 0.05) is 54.6 Å². The molecule has 11 heteroatoms. The largest absolute Gasteiger partial charge is 0.368 e. The normalized spacial score (nSPS) is 14.0. The molecule has 3 aromatic rings. The highest BCUT2D eigenvalue weighted by atomic mass is 35.5. The van der Waals surface area contributed by atoms with Crippen molar-refractivity contribution >= 4 is 40.6 Å². The Bertz CT molecular complexity index is 1070. The summed E-state index contributed by atoms with van der Waals surface area (Å²) in [5.41, 5.74) is 1.86. The quantitative estimate of drug-likeness (QED) is 0.342. The zero-order valence-corrected chi connectivity index (χ0v) is 18.0. The monoisotopic (exact) mass is 458 g/mol. The van der Waals surface area contributed by atoms with Gasteiger partial charge in [-0.2, -0.15) is 0 Å². The molecule has 0 unspecified atom stereocenters. The fourth-order valence-electron chi connectivity index (χ4n) is 3.26. The number of rotatable bonds is 6. The lowest BCUT2D eigenvalue weighted by Gasteiger charge is -2.36. The molecule has 1 amide bonds. The third-order valence-corrected chi connectivity index (χ3v) is 6.05. The van der Waals surface area contributed by atoms with Gasteiger partial charge in [-0.05, 0) is 36.4 Å². The molecule has 1 aromatic heterocycles. The SMILES string of the molecule is O=C(CSc1n[nH]c(-c2ccc(Cl)cc2)n1)N1CCN(c2ccc([N+](=O)[O-])cc2)CC1. The summed E-state index contributed by atoms with van der Waals surface area (Å²) in [4.78, 5) is 31.3. The Morgan fingerprint density at radius 2 is 1.77 bits per heavy atom. The van der Waals surface area contributed by atoms with Crippen LogP contribution in [-0.4, -0.2) is 62.8 Å². The lowest BCUT2D eigenvalue weighted by atomic mass is 10.2. The van der Waals surface area contributed by atoms with Crippen molar-refractivity contribution in [3.05, 3.63) is 63.7 Å². The zero-order valence-electron chi connectivity index (χ0n) is 16.4. The van der Waals surface area contributed by atoms with Gasteiger partial charge in [-0.25, -0.2) is 4.98 Å². The second-order valence-corrected chi connectivity index (χ2v) is 8.28. The maximum Gasteiger partial charge on any atom is 0.269 e. The first-order valence-electron chi connectivity index (χ1n) is 9.58. The summed E-state index contributed by atoms with van der Waals surface area (Å²) in [5.74, 6) is 0.921. The summed E-state index contributed by atoms with van der Waals surface area (Å²) in [5, 5.41) is 19.0. The van der Waals surface area contributed by atoms with Crippen molar-refractivity contribution in [3.8, 4) is 11.4 Å². The molecule has 2 heterocycles. The van der Waals surface area contributed by atoms with Crippen molar-refractivity contribution in [2.45, 2.75) is 5.16 Å². The van der Waals surface area contributed by atoms with Gasteiger partial charge in [0.15, 0.2) is 5.82 Å². The van der Waals surface area contributed by atoms with E-state index in [1.165, 1.54) is 23.9 Å². The average Bonchev–Trinajstić information content (AvgIpc) is 3.27. The molecular formula is C20H19ClN6O3S. The second kappa shape index (κ2) is 9.36. The van der Waals surface area contributed by atoms with E-state index in [0.717, 1.165) is 11.3 Å². The van der Waals surface area contributed by atoms with E-state index in [9.17, 15) is 14.9 Å². The smallest absolute Gasteiger partial charge is 0.269 e. The predicted molar refractivity (Wildman–Crippen MR) is 119 cm³/mol. The number of nitro groups is 1. The highest BCUT2D eigenvalue weighted by molar-refractivity contribution is 7.99. The van der Waals surface area contributed by atoms with Crippen LogP contribution in [0.1, 0.15) is 0 Å². The Hall–Kier alpha value is -3.11. The van der Waals surface area contributed by atoms with Gasteiger partial charge in [-0.15, -0.1) is 5.10 Å². The number of nitrogens with zero attached hydrogens (tertiary/aromatic N) is 5. The highest BCUT2D eigenvalue weighted by Crippen LogP contribution is 2.23. The number of carbonyl (C=O) groups is 1. The Morgan fingerprint density at radius 1 is 1.10 bits per heavy atom. The third kappa shape index (κ3) is 5.15. The number of nitro benzene ring substituents is 1. The van der Waals surface area contributed by atoms with Crippen LogP contribution in [0, 0.1) is 10.1 Å². The molecular weight excluding hydrogens is 440 g/mol. The number of carbonyl (C=O) groups excluding carboxylic acids is 1. The molecule has 1 saturated heterocycles. The van der Waals surface area contributed by atoms with Crippen molar-refractivity contribution in [2.75, 3.05) is 36.8 Å². The highest BCUT2D eigenvalue weighted by Gasteiger charge is 2.22. The topological polar surface area (TPSA) is 108 Å². The summed E-state index contributed by atoms with van der Waals surface area (Å²) in [6.45, 7) is 2.55. The van der Waals surface area contributed by atoms with E-state index >= 15 is 0 Å². The van der Waals surface area contributed by atoms with Crippen molar-refractivity contribution < 1.29 is 9.72 Å². The Balaban J connectivity index is 1.27. The maximum atomic E-state index is 12.6. The maximum absolute atomic E-state index is 12.6. The van der Waals surface area contributed by atoms with E-state index in [4.69, 9.17) is 11.6 Å². The number of H-pyrrole nitrogens is 1. The molecule has 0 saturated carbocycles. The summed E-state index contributed by atoms with van der Waals surface area (Å²) in [6, 6.07) is 13.8. The van der Waals surface area contributed by atoms with Gasteiger partial charge in [-0.1, -0.05) is 23.4 Å². The van der Waals surface area contributed by atoms with Gasteiger partial charge in [0.1, 0.15) is 0 Å². The average molecular weight is 459 g/mol. The lowest BCUT2D eigenvalue weighted by Crippen LogP contribution is -2.49. The second-order valence-electron chi connectivity index (χ2n) is 6.90. The minimum absolute atomic E-state index is 0.0335. The summed E-state index contributed by atoms with van der Waals surface area (Å²) >= 11 is 7.20. The Morgan fingerprint density at radius 3 is 2.42 bits per heavy atom. The number of piperazine rings is 1. The number of aromatic amines is 1. The molecule has 0 radical (unpaired) electrons. The van der Waals surface area contributed by atoms with Gasteiger partial charge < -0.3 is 9.80 Å². The van der Waals surface area contributed by atoms with E-state index in [-0.39, 0.29) is 17.3 Å². The Kier molecular flexibility index (Phi) is 6.38. The van der Waals surface area contributed by atoms with E-state index < -0.39 is 4.92 Å². The lowest BCUT2D eigenvalue weighted by molar-refractivity contribution is -0.384. The van der Waals surface area contributed by atoms with Crippen LogP contribution in [-0.2, 0) is 4.79 Å². The van der Waals surface area contributed by atoms with Crippen LogP contribution in [0.15, 0.2) is 53.7 Å². The first-order valence-corrected chi connectivity index (χ1v) is 10.9. The molecule has 160 valence electrons. The zero-order chi connectivity index (χ0) is 21.8. The number of hydrogen-bond acceptors (Lipinski definition) is 7. The number of hydrogen-bond donors (Lipinski definition) is 1. The number of nitrogens with one attached hydrogen (secondary N) is 1. The van der Waals surface area contributed by atoms with Crippen LogP contribution < -0.4 is 4.90 Å². The van der Waals surface area contributed by atoms with Gasteiger partial charge in [0.25, 0.3) is 5.69 Å². The van der Waals surface area contributed by atoms with Gasteiger partial charge in [0.2, 0.25) is 11.1 Å². The fraction of sp³-hybridized carbons (Fsp3) is 0.250. The summed E-state index contributed by atoms with van der Waals surface area (Å²) in [7, 11) is 0. The minimum atomic E-state index is -0.412. The number of thioether (sulfide) groups is 1. The molecule has 1 aliphatic heterocycles. The van der Waals surface area contributed by atoms with Gasteiger partial charge >= 0.3 is 0 Å². The van der Waals surface area contributed by atoms with E-state index in [1.807, 2.05) is 17.0 Å². The molecule has 0 aliphatic carbocycles. The third-order valence-electron chi connectivity index (χ3n) is 4.97. The molecule has 0 atom stereocenters. The molecule has 4 rings (SSSR count). The molecule has 2 aromatic carbocycles. The van der Waals surface area contributed by atoms with Crippen LogP contribution in [0.2, 0.25) is 5.02 Å².